The molecule has 13 nitrogen and oxygen atoms in total. The number of esters is 2. The highest BCUT2D eigenvalue weighted by Gasteiger charge is 2.27. The van der Waals surface area contributed by atoms with E-state index in [0.717, 1.165) is 11.1 Å². The lowest BCUT2D eigenvalue weighted by Crippen LogP contribution is -2.44. The van der Waals surface area contributed by atoms with E-state index in [4.69, 9.17) is 34.3 Å². The highest BCUT2D eigenvalue weighted by Crippen LogP contribution is 2.23. The van der Waals surface area contributed by atoms with Crippen molar-refractivity contribution in [2.75, 3.05) is 0 Å². The van der Waals surface area contributed by atoms with E-state index in [2.05, 4.69) is 9.73 Å². The molecule has 226 valence electrons. The van der Waals surface area contributed by atoms with Gasteiger partial charge >= 0.3 is 29.5 Å². The van der Waals surface area contributed by atoms with Crippen LogP contribution in [0.4, 0.5) is 0 Å². The highest BCUT2D eigenvalue weighted by molar-refractivity contribution is 6.32. The summed E-state index contributed by atoms with van der Waals surface area (Å²) < 4.78 is 28.8. The zero-order valence-electron chi connectivity index (χ0n) is 22.9. The van der Waals surface area contributed by atoms with E-state index >= 15 is 0 Å². The van der Waals surface area contributed by atoms with E-state index in [-0.39, 0.29) is 35.9 Å². The summed E-state index contributed by atoms with van der Waals surface area (Å²) >= 11 is 6.09. The van der Waals surface area contributed by atoms with Gasteiger partial charge in [0.2, 0.25) is 0 Å². The first-order valence-corrected chi connectivity index (χ1v) is 13.2. The van der Waals surface area contributed by atoms with Crippen molar-refractivity contribution in [2.24, 2.45) is 0 Å². The number of aryl methyl sites for hydroxylation is 2. The smallest absolute Gasteiger partial charge is 0.455 e. The summed E-state index contributed by atoms with van der Waals surface area (Å²) in [5.74, 6) is -5.37. The minimum absolute atomic E-state index is 0.0263. The van der Waals surface area contributed by atoms with E-state index in [9.17, 15) is 29.1 Å². The number of nitrogens with one attached hydrogen (secondary N) is 1. The molecule has 2 aromatic carbocycles. The number of halogens is 1. The third-order valence-corrected chi connectivity index (χ3v) is 6.48. The summed E-state index contributed by atoms with van der Waals surface area (Å²) in [6.07, 6.45) is -1.98. The molecule has 0 bridgehead atoms. The Kier molecular flexibility index (Phi) is 10.0. The zero-order valence-corrected chi connectivity index (χ0v) is 23.7. The number of carbonyl (C=O) groups excluding carboxylic acids is 3. The average Bonchev–Trinajstić information content (AvgIpc) is 3.47. The molecule has 2 heterocycles. The summed E-state index contributed by atoms with van der Waals surface area (Å²) in [5.41, 5.74) is 2.47. The van der Waals surface area contributed by atoms with Crippen molar-refractivity contribution < 1.29 is 46.6 Å². The van der Waals surface area contributed by atoms with E-state index in [1.807, 2.05) is 24.3 Å². The van der Waals surface area contributed by atoms with Crippen LogP contribution in [-0.4, -0.2) is 35.1 Å². The van der Waals surface area contributed by atoms with Gasteiger partial charge in [-0.1, -0.05) is 48.0 Å². The molecule has 4 rings (SSSR count). The van der Waals surface area contributed by atoms with Crippen molar-refractivity contribution >= 4 is 29.4 Å². The van der Waals surface area contributed by atoms with Crippen LogP contribution in [0.2, 0.25) is 5.02 Å². The number of benzene rings is 2. The summed E-state index contributed by atoms with van der Waals surface area (Å²) in [5, 5.41) is 13.6. The predicted molar refractivity (Wildman–Crippen MR) is 147 cm³/mol. The van der Waals surface area contributed by atoms with Gasteiger partial charge in [-0.2, -0.15) is 0 Å². The number of aliphatic hydroxyl groups excluding tert-OH is 1. The van der Waals surface area contributed by atoms with Crippen LogP contribution in [0.3, 0.4) is 0 Å². The average molecular weight is 616 g/mol. The fraction of sp³-hybridized carbons (Fsp3) is 0.276. The van der Waals surface area contributed by atoms with Gasteiger partial charge in [-0.25, -0.2) is 19.2 Å². The molecular weight excluding hydrogens is 590 g/mol. The van der Waals surface area contributed by atoms with Crippen LogP contribution < -0.4 is 17.0 Å². The van der Waals surface area contributed by atoms with Crippen molar-refractivity contribution in [1.29, 1.82) is 0 Å². The Morgan fingerprint density at radius 2 is 1.47 bits per heavy atom. The lowest BCUT2D eigenvalue weighted by atomic mass is 9.98. The van der Waals surface area contributed by atoms with Crippen LogP contribution in [0.15, 0.2) is 75.8 Å². The van der Waals surface area contributed by atoms with E-state index in [1.165, 1.54) is 13.8 Å². The molecular formula is C29H26ClNO12. The van der Waals surface area contributed by atoms with Gasteiger partial charge in [0.1, 0.15) is 0 Å². The van der Waals surface area contributed by atoms with Crippen LogP contribution in [0.5, 0.6) is 0 Å². The van der Waals surface area contributed by atoms with Crippen LogP contribution in [0.25, 0.3) is 11.1 Å². The number of aliphatic hydroxyl groups is 1. The number of carbonyl (C=O) groups is 3. The number of amides is 1. The number of hydrogen-bond acceptors (Lipinski definition) is 12. The second-order valence-electron chi connectivity index (χ2n) is 9.38. The standard InChI is InChI=1S/C29H26ClNO12/c1-15-23(42-28(36)40-15)13-38-26(34)22(32)12-21(31-25(33)27(35)39-14-24-16(2)41-29(37)43-24)10-17-6-8-18(9-7-17)19-4-3-5-20(30)11-19/h3-9,11,21-22,32H,10,12-14H2,1-2H3,(H,31,33). The molecule has 2 atom stereocenters. The molecule has 2 unspecified atom stereocenters. The van der Waals surface area contributed by atoms with Gasteiger partial charge in [0.15, 0.2) is 42.4 Å². The maximum Gasteiger partial charge on any atom is 0.519 e. The van der Waals surface area contributed by atoms with Gasteiger partial charge < -0.3 is 37.6 Å². The van der Waals surface area contributed by atoms with Crippen LogP contribution in [0.1, 0.15) is 35.0 Å². The highest BCUT2D eigenvalue weighted by atomic mass is 35.5. The molecule has 0 aliphatic carbocycles. The molecule has 0 radical (unpaired) electrons. The fourth-order valence-electron chi connectivity index (χ4n) is 4.03. The Balaban J connectivity index is 1.43. The summed E-state index contributed by atoms with van der Waals surface area (Å²) in [4.78, 5) is 59.9. The maximum atomic E-state index is 12.7. The molecule has 0 aliphatic heterocycles. The molecule has 0 spiro atoms. The number of rotatable bonds is 11. The van der Waals surface area contributed by atoms with E-state index in [1.54, 1.807) is 24.3 Å². The van der Waals surface area contributed by atoms with Crippen molar-refractivity contribution in [3.8, 4) is 11.1 Å². The molecule has 2 aromatic heterocycles. The molecule has 43 heavy (non-hydrogen) atoms. The Labute approximate surface area is 247 Å². The third kappa shape index (κ3) is 8.56. The number of ether oxygens (including phenoxy) is 2. The van der Waals surface area contributed by atoms with Crippen molar-refractivity contribution in [2.45, 2.75) is 52.0 Å². The fourth-order valence-corrected chi connectivity index (χ4v) is 4.22. The first-order chi connectivity index (χ1) is 20.5. The molecule has 0 saturated carbocycles. The summed E-state index contributed by atoms with van der Waals surface area (Å²) in [7, 11) is 0. The lowest BCUT2D eigenvalue weighted by Gasteiger charge is -2.21. The second-order valence-corrected chi connectivity index (χ2v) is 9.82. The number of hydrogen-bond donors (Lipinski definition) is 2. The molecule has 1 amide bonds. The van der Waals surface area contributed by atoms with Gasteiger partial charge in [0.25, 0.3) is 0 Å². The van der Waals surface area contributed by atoms with E-state index < -0.39 is 54.9 Å². The molecule has 0 fully saturated rings. The van der Waals surface area contributed by atoms with Gasteiger partial charge in [-0.3, -0.25) is 4.79 Å². The normalized spacial score (nSPS) is 12.4. The minimum atomic E-state index is -1.73. The zero-order chi connectivity index (χ0) is 31.1. The van der Waals surface area contributed by atoms with Gasteiger partial charge in [-0.05, 0) is 49.1 Å². The molecule has 4 aromatic rings. The molecule has 0 saturated heterocycles. The lowest BCUT2D eigenvalue weighted by molar-refractivity contribution is -0.158. The summed E-state index contributed by atoms with van der Waals surface area (Å²) in [6, 6.07) is 13.6. The molecule has 2 N–H and O–H groups in total. The Bertz CT molecular complexity index is 1710. The third-order valence-electron chi connectivity index (χ3n) is 6.25. The van der Waals surface area contributed by atoms with Gasteiger partial charge in [-0.15, -0.1) is 0 Å². The monoisotopic (exact) mass is 615 g/mol. The van der Waals surface area contributed by atoms with Crippen LogP contribution >= 0.6 is 11.6 Å². The van der Waals surface area contributed by atoms with E-state index in [0.29, 0.717) is 10.6 Å². The largest absolute Gasteiger partial charge is 0.519 e. The molecule has 14 heteroatoms. The van der Waals surface area contributed by atoms with Crippen molar-refractivity contribution in [3.05, 3.63) is 103 Å². The molecule has 0 aliphatic rings. The van der Waals surface area contributed by atoms with Crippen LogP contribution in [-0.2, 0) is 43.5 Å². The Morgan fingerprint density at radius 1 is 0.860 bits per heavy atom. The van der Waals surface area contributed by atoms with Gasteiger partial charge in [0, 0.05) is 17.5 Å². The SMILES string of the molecule is Cc1oc(=O)oc1COC(=O)C(=O)NC(Cc1ccc(-c2cccc(Cl)c2)cc1)CC(O)C(=O)OCc1oc(=O)oc1C. The second kappa shape index (κ2) is 13.9. The predicted octanol–water partition coefficient (Wildman–Crippen LogP) is 2.98. The van der Waals surface area contributed by atoms with Crippen molar-refractivity contribution in [3.63, 3.8) is 0 Å². The minimum Gasteiger partial charge on any atom is -0.455 e. The quantitative estimate of drug-likeness (QED) is 0.186. The Morgan fingerprint density at radius 3 is 2.02 bits per heavy atom. The first kappa shape index (κ1) is 31.1. The first-order valence-electron chi connectivity index (χ1n) is 12.8. The van der Waals surface area contributed by atoms with Crippen LogP contribution in [0, 0.1) is 13.8 Å². The van der Waals surface area contributed by atoms with Crippen molar-refractivity contribution in [1.82, 2.24) is 5.32 Å². The Hall–Kier alpha value is -4.88. The summed E-state index contributed by atoms with van der Waals surface area (Å²) in [6.45, 7) is 1.86. The topological polar surface area (TPSA) is 189 Å². The maximum absolute atomic E-state index is 12.7. The van der Waals surface area contributed by atoms with Gasteiger partial charge in [0.05, 0.1) is 0 Å².